The van der Waals surface area contributed by atoms with Crippen molar-refractivity contribution >= 4 is 11.8 Å². The molecule has 2 heterocycles. The monoisotopic (exact) mass is 347 g/mol. The number of halogens is 1. The van der Waals surface area contributed by atoms with E-state index in [0.29, 0.717) is 12.4 Å². The summed E-state index contributed by atoms with van der Waals surface area (Å²) < 4.78 is 25.7. The van der Waals surface area contributed by atoms with Crippen LogP contribution in [-0.4, -0.2) is 27.1 Å². The van der Waals surface area contributed by atoms with Gasteiger partial charge >= 0.3 is 0 Å². The van der Waals surface area contributed by atoms with E-state index in [9.17, 15) is 4.39 Å². The number of hydrogen-bond donors (Lipinski definition) is 0. The molecule has 0 saturated carbocycles. The average Bonchev–Trinajstić information content (AvgIpc) is 3.15. The Morgan fingerprint density at radius 3 is 2.71 bits per heavy atom. The van der Waals surface area contributed by atoms with E-state index < -0.39 is 0 Å². The summed E-state index contributed by atoms with van der Waals surface area (Å²) in [7, 11) is 1.94. The molecular formula is C17H18FN3O2S. The second kappa shape index (κ2) is 7.53. The van der Waals surface area contributed by atoms with Gasteiger partial charge in [0.2, 0.25) is 0 Å². The van der Waals surface area contributed by atoms with Crippen LogP contribution in [0.3, 0.4) is 0 Å². The lowest BCUT2D eigenvalue weighted by atomic mass is 10.2. The maximum Gasteiger partial charge on any atom is 0.191 e. The van der Waals surface area contributed by atoms with Crippen molar-refractivity contribution in [1.82, 2.24) is 14.8 Å². The number of aryl methyl sites for hydroxylation is 1. The molecule has 0 saturated heterocycles. The molecule has 0 atom stereocenters. The summed E-state index contributed by atoms with van der Waals surface area (Å²) >= 11 is 1.63. The first-order valence-electron chi connectivity index (χ1n) is 7.60. The van der Waals surface area contributed by atoms with Crippen LogP contribution in [0.2, 0.25) is 0 Å². The predicted octanol–water partition coefficient (Wildman–Crippen LogP) is 4.08. The summed E-state index contributed by atoms with van der Waals surface area (Å²) in [6, 6.07) is 7.94. The van der Waals surface area contributed by atoms with Gasteiger partial charge < -0.3 is 13.7 Å². The van der Waals surface area contributed by atoms with Crippen LogP contribution in [0.15, 0.2) is 46.2 Å². The molecular weight excluding hydrogens is 329 g/mol. The molecule has 0 fully saturated rings. The normalized spacial score (nSPS) is 11.0. The standard InChI is InChI=1S/C17H18FN3O2S/c1-12-15(8-10-22-12)16-19-20-17(21(16)2)24-11-3-9-23-14-6-4-13(18)5-7-14/h4-8,10H,3,9,11H2,1-2H3. The maximum atomic E-state index is 12.8. The van der Waals surface area contributed by atoms with Gasteiger partial charge in [-0.3, -0.25) is 0 Å². The van der Waals surface area contributed by atoms with E-state index in [1.54, 1.807) is 30.2 Å². The minimum Gasteiger partial charge on any atom is -0.494 e. The van der Waals surface area contributed by atoms with Crippen molar-refractivity contribution in [2.45, 2.75) is 18.5 Å². The third-order valence-electron chi connectivity index (χ3n) is 3.54. The van der Waals surface area contributed by atoms with Gasteiger partial charge in [0.05, 0.1) is 18.4 Å². The van der Waals surface area contributed by atoms with Crippen LogP contribution in [0.1, 0.15) is 12.2 Å². The fourth-order valence-electron chi connectivity index (χ4n) is 2.24. The van der Waals surface area contributed by atoms with Crippen LogP contribution in [-0.2, 0) is 7.05 Å². The average molecular weight is 347 g/mol. The molecule has 0 amide bonds. The van der Waals surface area contributed by atoms with E-state index in [4.69, 9.17) is 9.15 Å². The summed E-state index contributed by atoms with van der Waals surface area (Å²) in [5.74, 6) is 2.90. The molecule has 0 aliphatic carbocycles. The van der Waals surface area contributed by atoms with E-state index in [0.717, 1.165) is 34.5 Å². The lowest BCUT2D eigenvalue weighted by molar-refractivity contribution is 0.318. The Labute approximate surface area is 143 Å². The number of ether oxygens (including phenoxy) is 1. The molecule has 5 nitrogen and oxygen atoms in total. The zero-order chi connectivity index (χ0) is 16.9. The van der Waals surface area contributed by atoms with Crippen LogP contribution < -0.4 is 4.74 Å². The number of furan rings is 1. The van der Waals surface area contributed by atoms with E-state index >= 15 is 0 Å². The highest BCUT2D eigenvalue weighted by Crippen LogP contribution is 2.26. The van der Waals surface area contributed by atoms with Crippen molar-refractivity contribution in [3.8, 4) is 17.1 Å². The topological polar surface area (TPSA) is 53.1 Å². The molecule has 0 aliphatic heterocycles. The Balaban J connectivity index is 1.48. The van der Waals surface area contributed by atoms with Crippen LogP contribution in [0.25, 0.3) is 11.4 Å². The minimum atomic E-state index is -0.260. The van der Waals surface area contributed by atoms with Gasteiger partial charge in [-0.25, -0.2) is 4.39 Å². The van der Waals surface area contributed by atoms with E-state index in [1.807, 2.05) is 24.6 Å². The second-order valence-electron chi connectivity index (χ2n) is 5.26. The number of nitrogens with zero attached hydrogens (tertiary/aromatic N) is 3. The molecule has 7 heteroatoms. The number of benzene rings is 1. The molecule has 0 radical (unpaired) electrons. The highest BCUT2D eigenvalue weighted by Gasteiger charge is 2.14. The Bertz CT molecular complexity index is 799. The van der Waals surface area contributed by atoms with E-state index in [-0.39, 0.29) is 5.82 Å². The predicted molar refractivity (Wildman–Crippen MR) is 90.7 cm³/mol. The number of rotatable bonds is 7. The van der Waals surface area contributed by atoms with Crippen molar-refractivity contribution < 1.29 is 13.5 Å². The van der Waals surface area contributed by atoms with Gasteiger partial charge in [0.1, 0.15) is 17.3 Å². The highest BCUT2D eigenvalue weighted by atomic mass is 32.2. The number of hydrogen-bond acceptors (Lipinski definition) is 5. The number of aromatic nitrogens is 3. The summed E-state index contributed by atoms with van der Waals surface area (Å²) in [5.41, 5.74) is 0.955. The van der Waals surface area contributed by atoms with E-state index in [1.165, 1.54) is 12.1 Å². The summed E-state index contributed by atoms with van der Waals surface area (Å²) in [5, 5.41) is 9.32. The van der Waals surface area contributed by atoms with Crippen molar-refractivity contribution in [3.05, 3.63) is 48.2 Å². The van der Waals surface area contributed by atoms with E-state index in [2.05, 4.69) is 10.2 Å². The lowest BCUT2D eigenvalue weighted by Gasteiger charge is -2.06. The molecule has 24 heavy (non-hydrogen) atoms. The molecule has 3 rings (SSSR count). The van der Waals surface area contributed by atoms with Crippen molar-refractivity contribution in [1.29, 1.82) is 0 Å². The molecule has 0 aliphatic rings. The van der Waals surface area contributed by atoms with Gasteiger partial charge in [-0.2, -0.15) is 0 Å². The molecule has 0 bridgehead atoms. The van der Waals surface area contributed by atoms with Gasteiger partial charge in [0, 0.05) is 12.8 Å². The Kier molecular flexibility index (Phi) is 5.20. The summed E-state index contributed by atoms with van der Waals surface area (Å²) in [6.07, 6.45) is 2.51. The van der Waals surface area contributed by atoms with Gasteiger partial charge in [0.15, 0.2) is 11.0 Å². The quantitative estimate of drug-likeness (QED) is 0.476. The summed E-state index contributed by atoms with van der Waals surface area (Å²) in [6.45, 7) is 2.48. The first kappa shape index (κ1) is 16.6. The second-order valence-corrected chi connectivity index (χ2v) is 6.32. The first-order valence-corrected chi connectivity index (χ1v) is 8.59. The molecule has 0 unspecified atom stereocenters. The molecule has 0 spiro atoms. The molecule has 0 N–H and O–H groups in total. The SMILES string of the molecule is Cc1occc1-c1nnc(SCCCOc2ccc(F)cc2)n1C. The zero-order valence-electron chi connectivity index (χ0n) is 13.5. The molecule has 2 aromatic heterocycles. The Morgan fingerprint density at radius 2 is 2.00 bits per heavy atom. The fraction of sp³-hybridized carbons (Fsp3) is 0.294. The number of thioether (sulfide) groups is 1. The third-order valence-corrected chi connectivity index (χ3v) is 4.64. The Morgan fingerprint density at radius 1 is 1.21 bits per heavy atom. The Hall–Kier alpha value is -2.28. The van der Waals surface area contributed by atoms with Crippen molar-refractivity contribution in [2.75, 3.05) is 12.4 Å². The van der Waals surface area contributed by atoms with Gasteiger partial charge in [-0.15, -0.1) is 10.2 Å². The summed E-state index contributed by atoms with van der Waals surface area (Å²) in [4.78, 5) is 0. The highest BCUT2D eigenvalue weighted by molar-refractivity contribution is 7.99. The van der Waals surface area contributed by atoms with Crippen LogP contribution in [0.5, 0.6) is 5.75 Å². The van der Waals surface area contributed by atoms with Crippen LogP contribution in [0, 0.1) is 12.7 Å². The van der Waals surface area contributed by atoms with Crippen LogP contribution in [0.4, 0.5) is 4.39 Å². The fourth-order valence-corrected chi connectivity index (χ4v) is 3.06. The van der Waals surface area contributed by atoms with Gasteiger partial charge in [-0.1, -0.05) is 11.8 Å². The molecule has 3 aromatic rings. The van der Waals surface area contributed by atoms with Crippen molar-refractivity contribution in [2.24, 2.45) is 7.05 Å². The van der Waals surface area contributed by atoms with Gasteiger partial charge in [-0.05, 0) is 43.7 Å². The molecule has 126 valence electrons. The largest absolute Gasteiger partial charge is 0.494 e. The zero-order valence-corrected chi connectivity index (χ0v) is 14.3. The van der Waals surface area contributed by atoms with Crippen molar-refractivity contribution in [3.63, 3.8) is 0 Å². The first-order chi connectivity index (χ1) is 11.6. The van der Waals surface area contributed by atoms with Crippen LogP contribution >= 0.6 is 11.8 Å². The molecule has 1 aromatic carbocycles. The minimum absolute atomic E-state index is 0.260. The smallest absolute Gasteiger partial charge is 0.191 e. The maximum absolute atomic E-state index is 12.8. The van der Waals surface area contributed by atoms with Gasteiger partial charge in [0.25, 0.3) is 0 Å². The third kappa shape index (κ3) is 3.79. The lowest BCUT2D eigenvalue weighted by Crippen LogP contribution is -2.00.